The maximum Gasteiger partial charge on any atom is 0.320 e. The van der Waals surface area contributed by atoms with Crippen LogP contribution in [0.3, 0.4) is 0 Å². The van der Waals surface area contributed by atoms with Crippen LogP contribution in [0.5, 0.6) is 0 Å². The highest BCUT2D eigenvalue weighted by molar-refractivity contribution is 8.00. The predicted octanol–water partition coefficient (Wildman–Crippen LogP) is 2.46. The van der Waals surface area contributed by atoms with E-state index < -0.39 is 0 Å². The number of thioether (sulfide) groups is 2. The molecule has 0 radical (unpaired) electrons. The van der Waals surface area contributed by atoms with Crippen molar-refractivity contribution in [1.82, 2.24) is 14.9 Å². The van der Waals surface area contributed by atoms with Crippen LogP contribution < -0.4 is 0 Å². The average Bonchev–Trinajstić information content (AvgIpc) is 3.09. The van der Waals surface area contributed by atoms with Gasteiger partial charge in [-0.1, -0.05) is 18.7 Å². The van der Waals surface area contributed by atoms with Crippen molar-refractivity contribution in [2.24, 2.45) is 0 Å². The fraction of sp³-hybridized carbons (Fsp3) is 0.500. The summed E-state index contributed by atoms with van der Waals surface area (Å²) < 4.78 is 4.79. The summed E-state index contributed by atoms with van der Waals surface area (Å²) in [6.45, 7) is 3.18. The number of thiophene rings is 1. The lowest BCUT2D eigenvalue weighted by Crippen LogP contribution is -2.45. The van der Waals surface area contributed by atoms with E-state index in [0.717, 1.165) is 27.4 Å². The maximum absolute atomic E-state index is 12.5. The minimum Gasteiger partial charge on any atom is -0.468 e. The normalized spacial score (nSPS) is 17.7. The van der Waals surface area contributed by atoms with Gasteiger partial charge >= 0.3 is 5.97 Å². The van der Waals surface area contributed by atoms with Gasteiger partial charge in [0.2, 0.25) is 5.91 Å². The lowest BCUT2D eigenvalue weighted by Gasteiger charge is -2.30. The van der Waals surface area contributed by atoms with Gasteiger partial charge in [0.05, 0.1) is 12.9 Å². The summed E-state index contributed by atoms with van der Waals surface area (Å²) in [5.74, 6) is 0.815. The first-order valence-corrected chi connectivity index (χ1v) is 10.8. The Labute approximate surface area is 158 Å². The topological polar surface area (TPSA) is 72.4 Å². The maximum atomic E-state index is 12.5. The van der Waals surface area contributed by atoms with Gasteiger partial charge in [0, 0.05) is 29.1 Å². The molecule has 0 unspecified atom stereocenters. The standard InChI is InChI=1S/C16H19N3O3S3/c1-3-10-6-11-14(17-9-18-15(11)25-10)24-8-13(20)19-4-5-23-12(7-19)16(21)22-2/h6,9,12H,3-5,7-8H2,1-2H3/t12-/m1/s1. The molecule has 1 aliphatic heterocycles. The van der Waals surface area contributed by atoms with Gasteiger partial charge in [0.1, 0.15) is 21.4 Å². The number of aryl methyl sites for hydroxylation is 1. The van der Waals surface area contributed by atoms with Crippen molar-refractivity contribution in [3.63, 3.8) is 0 Å². The molecular formula is C16H19N3O3S3. The number of hydrogen-bond acceptors (Lipinski definition) is 8. The summed E-state index contributed by atoms with van der Waals surface area (Å²) in [4.78, 5) is 36.8. The van der Waals surface area contributed by atoms with Crippen LogP contribution in [0.25, 0.3) is 10.2 Å². The SMILES string of the molecule is CCc1cc2c(SCC(=O)N3CCS[C@@H](C(=O)OC)C3)ncnc2s1. The Morgan fingerprint density at radius 2 is 2.28 bits per heavy atom. The van der Waals surface area contributed by atoms with Crippen molar-refractivity contribution in [3.05, 3.63) is 17.3 Å². The zero-order chi connectivity index (χ0) is 17.8. The van der Waals surface area contributed by atoms with Gasteiger partial charge in [-0.2, -0.15) is 0 Å². The zero-order valence-corrected chi connectivity index (χ0v) is 16.5. The molecule has 6 nitrogen and oxygen atoms in total. The van der Waals surface area contributed by atoms with Gasteiger partial charge in [-0.3, -0.25) is 9.59 Å². The number of rotatable bonds is 5. The summed E-state index contributed by atoms with van der Waals surface area (Å²) in [6, 6.07) is 2.11. The number of ether oxygens (including phenoxy) is 1. The zero-order valence-electron chi connectivity index (χ0n) is 14.1. The van der Waals surface area contributed by atoms with Crippen LogP contribution >= 0.6 is 34.9 Å². The minimum atomic E-state index is -0.289. The quantitative estimate of drug-likeness (QED) is 0.436. The molecule has 2 aromatic rings. The number of carbonyl (C=O) groups is 2. The van der Waals surface area contributed by atoms with Crippen LogP contribution in [0.1, 0.15) is 11.8 Å². The molecule has 1 saturated heterocycles. The van der Waals surface area contributed by atoms with Gasteiger partial charge < -0.3 is 9.64 Å². The van der Waals surface area contributed by atoms with Crippen LogP contribution in [0.2, 0.25) is 0 Å². The Morgan fingerprint density at radius 1 is 1.44 bits per heavy atom. The number of esters is 1. The summed E-state index contributed by atoms with van der Waals surface area (Å²) in [5, 5.41) is 1.57. The van der Waals surface area contributed by atoms with Crippen molar-refractivity contribution < 1.29 is 14.3 Å². The first-order valence-electron chi connectivity index (χ1n) is 7.95. The van der Waals surface area contributed by atoms with Crippen LogP contribution in [0.4, 0.5) is 0 Å². The summed E-state index contributed by atoms with van der Waals surface area (Å²) in [5.41, 5.74) is 0. The van der Waals surface area contributed by atoms with E-state index >= 15 is 0 Å². The lowest BCUT2D eigenvalue weighted by atomic mass is 10.3. The smallest absolute Gasteiger partial charge is 0.320 e. The molecule has 1 amide bonds. The van der Waals surface area contributed by atoms with E-state index in [1.54, 1.807) is 34.3 Å². The van der Waals surface area contributed by atoms with Crippen LogP contribution in [0.15, 0.2) is 17.4 Å². The van der Waals surface area contributed by atoms with Gasteiger partial charge in [-0.15, -0.1) is 23.1 Å². The molecule has 1 fully saturated rings. The second kappa shape index (κ2) is 8.37. The van der Waals surface area contributed by atoms with Crippen molar-refractivity contribution in [2.45, 2.75) is 23.6 Å². The Balaban J connectivity index is 1.64. The summed E-state index contributed by atoms with van der Waals surface area (Å²) in [6.07, 6.45) is 2.51. The molecule has 3 heterocycles. The van der Waals surface area contributed by atoms with Gasteiger partial charge in [0.25, 0.3) is 0 Å². The monoisotopic (exact) mass is 397 g/mol. The second-order valence-electron chi connectivity index (χ2n) is 5.47. The van der Waals surface area contributed by atoms with E-state index in [9.17, 15) is 9.59 Å². The van der Waals surface area contributed by atoms with E-state index in [-0.39, 0.29) is 17.1 Å². The van der Waals surface area contributed by atoms with E-state index in [4.69, 9.17) is 4.74 Å². The molecule has 0 saturated carbocycles. The van der Waals surface area contributed by atoms with Crippen LogP contribution in [0, 0.1) is 0 Å². The second-order valence-corrected chi connectivity index (χ2v) is 8.86. The molecule has 0 N–H and O–H groups in total. The van der Waals surface area contributed by atoms with E-state index in [2.05, 4.69) is 23.0 Å². The largest absolute Gasteiger partial charge is 0.468 e. The number of methoxy groups -OCH3 is 1. The number of fused-ring (bicyclic) bond motifs is 1. The molecule has 134 valence electrons. The molecule has 0 aliphatic carbocycles. The summed E-state index contributed by atoms with van der Waals surface area (Å²) >= 11 is 4.64. The fourth-order valence-electron chi connectivity index (χ4n) is 2.54. The molecule has 3 rings (SSSR count). The minimum absolute atomic E-state index is 0.0249. The van der Waals surface area contributed by atoms with Gasteiger partial charge in [0.15, 0.2) is 0 Å². The highest BCUT2D eigenvalue weighted by Gasteiger charge is 2.29. The Bertz CT molecular complexity index is 780. The predicted molar refractivity (Wildman–Crippen MR) is 102 cm³/mol. The molecule has 9 heteroatoms. The first-order chi connectivity index (χ1) is 12.1. The Kier molecular flexibility index (Phi) is 6.19. The highest BCUT2D eigenvalue weighted by atomic mass is 32.2. The van der Waals surface area contributed by atoms with Gasteiger partial charge in [-0.25, -0.2) is 9.97 Å². The Hall–Kier alpha value is -1.32. The number of amides is 1. The van der Waals surface area contributed by atoms with Crippen molar-refractivity contribution in [1.29, 1.82) is 0 Å². The lowest BCUT2D eigenvalue weighted by molar-refractivity contribution is -0.141. The van der Waals surface area contributed by atoms with Crippen molar-refractivity contribution >= 4 is 57.0 Å². The number of nitrogens with zero attached hydrogens (tertiary/aromatic N) is 3. The molecule has 0 aromatic carbocycles. The molecular weight excluding hydrogens is 378 g/mol. The van der Waals surface area contributed by atoms with Crippen LogP contribution in [-0.4, -0.2) is 63.7 Å². The molecule has 1 aliphatic rings. The van der Waals surface area contributed by atoms with Crippen molar-refractivity contribution in [3.8, 4) is 0 Å². The van der Waals surface area contributed by atoms with E-state index in [0.29, 0.717) is 18.8 Å². The molecule has 0 bridgehead atoms. The van der Waals surface area contributed by atoms with Crippen molar-refractivity contribution in [2.75, 3.05) is 31.7 Å². The molecule has 0 spiro atoms. The van der Waals surface area contributed by atoms with E-state index in [1.807, 2.05) is 0 Å². The number of hydrogen-bond donors (Lipinski definition) is 0. The summed E-state index contributed by atoms with van der Waals surface area (Å²) in [7, 11) is 1.38. The Morgan fingerprint density at radius 3 is 3.04 bits per heavy atom. The molecule has 25 heavy (non-hydrogen) atoms. The number of carbonyl (C=O) groups excluding carboxylic acids is 2. The van der Waals surface area contributed by atoms with Crippen LogP contribution in [-0.2, 0) is 20.7 Å². The fourth-order valence-corrected chi connectivity index (χ4v) is 5.55. The first kappa shape index (κ1) is 18.5. The third-order valence-corrected chi connectivity index (χ3v) is 7.25. The average molecular weight is 398 g/mol. The third kappa shape index (κ3) is 4.27. The number of aromatic nitrogens is 2. The third-order valence-electron chi connectivity index (χ3n) is 3.91. The molecule has 1 atom stereocenters. The molecule has 2 aromatic heterocycles. The van der Waals surface area contributed by atoms with E-state index in [1.165, 1.54) is 23.7 Å². The van der Waals surface area contributed by atoms with Gasteiger partial charge in [-0.05, 0) is 12.5 Å². The highest BCUT2D eigenvalue weighted by Crippen LogP contribution is 2.31.